The van der Waals surface area contributed by atoms with Gasteiger partial charge in [-0.25, -0.2) is 4.98 Å². The van der Waals surface area contributed by atoms with Gasteiger partial charge in [0.2, 0.25) is 5.88 Å². The molecule has 0 amide bonds. The number of aromatic nitrogens is 1. The van der Waals surface area contributed by atoms with Gasteiger partial charge in [0.15, 0.2) is 0 Å². The lowest BCUT2D eigenvalue weighted by atomic mass is 9.88. The Kier molecular flexibility index (Phi) is 5.85. The molecule has 1 aromatic heterocycles. The molecule has 3 nitrogen and oxygen atoms in total. The molecule has 0 aliphatic heterocycles. The summed E-state index contributed by atoms with van der Waals surface area (Å²) in [4.78, 5) is 4.48. The fraction of sp³-hybridized carbons (Fsp3) is 0.688. The lowest BCUT2D eigenvalue weighted by Gasteiger charge is -2.29. The van der Waals surface area contributed by atoms with Gasteiger partial charge in [-0.15, -0.1) is 0 Å². The summed E-state index contributed by atoms with van der Waals surface area (Å²) in [5.41, 5.74) is 1.13. The van der Waals surface area contributed by atoms with Crippen LogP contribution in [-0.2, 0) is 6.54 Å². The summed E-state index contributed by atoms with van der Waals surface area (Å²) in [5.74, 6) is 1.42. The predicted octanol–water partition coefficient (Wildman–Crippen LogP) is 4.30. The first-order valence-corrected chi connectivity index (χ1v) is 8.40. The van der Waals surface area contributed by atoms with Crippen molar-refractivity contribution in [3.05, 3.63) is 22.3 Å². The van der Waals surface area contributed by atoms with Crippen molar-refractivity contribution in [3.63, 3.8) is 0 Å². The maximum atomic E-state index is 6.21. The van der Waals surface area contributed by atoms with E-state index in [0.717, 1.165) is 28.9 Å². The van der Waals surface area contributed by atoms with Crippen molar-refractivity contribution in [2.75, 3.05) is 0 Å². The van der Waals surface area contributed by atoms with Crippen LogP contribution in [0.1, 0.15) is 52.0 Å². The third kappa shape index (κ3) is 4.45. The molecule has 1 N–H and O–H groups in total. The molecule has 4 heteroatoms. The second-order valence-corrected chi connectivity index (χ2v) is 6.99. The van der Waals surface area contributed by atoms with E-state index in [4.69, 9.17) is 4.74 Å². The van der Waals surface area contributed by atoms with Crippen molar-refractivity contribution in [2.24, 2.45) is 5.92 Å². The molecule has 0 bridgehead atoms. The molecule has 1 saturated carbocycles. The maximum absolute atomic E-state index is 6.21. The van der Waals surface area contributed by atoms with Gasteiger partial charge in [0, 0.05) is 28.8 Å². The zero-order chi connectivity index (χ0) is 14.5. The van der Waals surface area contributed by atoms with Gasteiger partial charge in [-0.05, 0) is 47.2 Å². The molecule has 1 aliphatic carbocycles. The normalized spacial score (nSPS) is 23.1. The highest BCUT2D eigenvalue weighted by Crippen LogP contribution is 2.29. The molecular formula is C16H25BrN2O. The monoisotopic (exact) mass is 340 g/mol. The fourth-order valence-corrected chi connectivity index (χ4v) is 2.99. The molecule has 20 heavy (non-hydrogen) atoms. The van der Waals surface area contributed by atoms with E-state index in [-0.39, 0.29) is 0 Å². The molecule has 2 unspecified atom stereocenters. The van der Waals surface area contributed by atoms with Crippen LogP contribution in [-0.4, -0.2) is 17.1 Å². The van der Waals surface area contributed by atoms with Gasteiger partial charge < -0.3 is 10.1 Å². The molecule has 2 rings (SSSR count). The Morgan fingerprint density at radius 1 is 1.40 bits per heavy atom. The number of pyridine rings is 1. The van der Waals surface area contributed by atoms with E-state index in [1.807, 2.05) is 6.20 Å². The van der Waals surface area contributed by atoms with E-state index >= 15 is 0 Å². The van der Waals surface area contributed by atoms with E-state index in [1.54, 1.807) is 0 Å². The van der Waals surface area contributed by atoms with Gasteiger partial charge in [0.1, 0.15) is 6.10 Å². The number of nitrogens with one attached hydrogen (secondary N) is 1. The van der Waals surface area contributed by atoms with Crippen LogP contribution in [0, 0.1) is 5.92 Å². The first kappa shape index (κ1) is 15.8. The van der Waals surface area contributed by atoms with Crippen molar-refractivity contribution in [2.45, 2.75) is 65.1 Å². The highest BCUT2D eigenvalue weighted by atomic mass is 79.9. The van der Waals surface area contributed by atoms with Crippen LogP contribution in [0.4, 0.5) is 0 Å². The molecule has 112 valence electrons. The second kappa shape index (κ2) is 7.41. The third-order valence-electron chi connectivity index (χ3n) is 3.89. The number of rotatable bonds is 5. The molecule has 1 aliphatic rings. The Bertz CT molecular complexity index is 436. The molecular weight excluding hydrogens is 316 g/mol. The molecule has 2 atom stereocenters. The molecule has 1 fully saturated rings. The molecule has 1 heterocycles. The summed E-state index contributed by atoms with van der Waals surface area (Å²) in [6.07, 6.45) is 7.15. The van der Waals surface area contributed by atoms with Gasteiger partial charge in [0.25, 0.3) is 0 Å². The van der Waals surface area contributed by atoms with E-state index in [0.29, 0.717) is 18.1 Å². The summed E-state index contributed by atoms with van der Waals surface area (Å²) in [5, 5.41) is 3.44. The summed E-state index contributed by atoms with van der Waals surface area (Å²) in [7, 11) is 0. The van der Waals surface area contributed by atoms with Crippen molar-refractivity contribution in [1.82, 2.24) is 10.3 Å². The van der Waals surface area contributed by atoms with Gasteiger partial charge in [-0.2, -0.15) is 0 Å². The van der Waals surface area contributed by atoms with Crippen LogP contribution in [0.25, 0.3) is 0 Å². The van der Waals surface area contributed by atoms with E-state index in [1.165, 1.54) is 19.3 Å². The molecule has 0 radical (unpaired) electrons. The molecule has 1 aromatic rings. The van der Waals surface area contributed by atoms with Crippen LogP contribution in [0.5, 0.6) is 5.88 Å². The van der Waals surface area contributed by atoms with Crippen molar-refractivity contribution >= 4 is 15.9 Å². The van der Waals surface area contributed by atoms with Crippen molar-refractivity contribution in [1.29, 1.82) is 0 Å². The van der Waals surface area contributed by atoms with Gasteiger partial charge in [-0.1, -0.05) is 27.2 Å². The number of hydrogen-bond donors (Lipinski definition) is 1. The Morgan fingerprint density at radius 2 is 2.15 bits per heavy atom. The quantitative estimate of drug-likeness (QED) is 0.867. The first-order valence-electron chi connectivity index (χ1n) is 7.60. The van der Waals surface area contributed by atoms with Crippen LogP contribution in [0.2, 0.25) is 0 Å². The lowest BCUT2D eigenvalue weighted by Crippen LogP contribution is -2.29. The largest absolute Gasteiger partial charge is 0.474 e. The number of hydrogen-bond acceptors (Lipinski definition) is 3. The van der Waals surface area contributed by atoms with Crippen LogP contribution < -0.4 is 10.1 Å². The van der Waals surface area contributed by atoms with Crippen LogP contribution >= 0.6 is 15.9 Å². The minimum absolute atomic E-state index is 0.315. The Balaban J connectivity index is 2.09. The van der Waals surface area contributed by atoms with Crippen LogP contribution in [0.15, 0.2) is 16.7 Å². The highest BCUT2D eigenvalue weighted by molar-refractivity contribution is 9.10. The number of ether oxygens (including phenoxy) is 1. The minimum atomic E-state index is 0.315. The van der Waals surface area contributed by atoms with Crippen molar-refractivity contribution < 1.29 is 4.74 Å². The third-order valence-corrected chi connectivity index (χ3v) is 4.32. The summed E-state index contributed by atoms with van der Waals surface area (Å²) in [6.45, 7) is 7.37. The highest BCUT2D eigenvalue weighted by Gasteiger charge is 2.24. The van der Waals surface area contributed by atoms with Gasteiger partial charge in [0.05, 0.1) is 0 Å². The summed E-state index contributed by atoms with van der Waals surface area (Å²) >= 11 is 3.49. The Hall–Kier alpha value is -0.610. The Labute approximate surface area is 130 Å². The zero-order valence-corrected chi connectivity index (χ0v) is 14.2. The van der Waals surface area contributed by atoms with Crippen LogP contribution in [0.3, 0.4) is 0 Å². The number of halogens is 1. The average Bonchev–Trinajstić information content (AvgIpc) is 2.41. The Morgan fingerprint density at radius 3 is 2.85 bits per heavy atom. The molecule has 0 aromatic carbocycles. The maximum Gasteiger partial charge on any atom is 0.218 e. The predicted molar refractivity (Wildman–Crippen MR) is 86.0 cm³/mol. The average molecular weight is 341 g/mol. The summed E-state index contributed by atoms with van der Waals surface area (Å²) in [6, 6.07) is 2.56. The lowest BCUT2D eigenvalue weighted by molar-refractivity contribution is 0.0962. The topological polar surface area (TPSA) is 34.2 Å². The van der Waals surface area contributed by atoms with E-state index < -0.39 is 0 Å². The fourth-order valence-electron chi connectivity index (χ4n) is 2.62. The molecule has 0 saturated heterocycles. The van der Waals surface area contributed by atoms with Gasteiger partial charge >= 0.3 is 0 Å². The minimum Gasteiger partial charge on any atom is -0.474 e. The molecule has 0 spiro atoms. The van der Waals surface area contributed by atoms with Gasteiger partial charge in [-0.3, -0.25) is 0 Å². The standard InChI is InChI=1S/C16H25BrN2O/c1-11(2)18-9-13-8-14(17)10-19-16(13)20-15-7-5-4-6-12(15)3/h8,10-12,15,18H,4-7,9H2,1-3H3. The van der Waals surface area contributed by atoms with E-state index in [2.05, 4.69) is 53.1 Å². The smallest absolute Gasteiger partial charge is 0.218 e. The second-order valence-electron chi connectivity index (χ2n) is 6.07. The van der Waals surface area contributed by atoms with Crippen molar-refractivity contribution in [3.8, 4) is 5.88 Å². The zero-order valence-electron chi connectivity index (χ0n) is 12.7. The summed E-state index contributed by atoms with van der Waals surface area (Å²) < 4.78 is 7.22. The SMILES string of the molecule is CC(C)NCc1cc(Br)cnc1OC1CCCCC1C. The first-order chi connectivity index (χ1) is 9.56. The van der Waals surface area contributed by atoms with E-state index in [9.17, 15) is 0 Å². The number of nitrogens with zero attached hydrogens (tertiary/aromatic N) is 1.